The van der Waals surface area contributed by atoms with Crippen molar-refractivity contribution < 1.29 is 17.7 Å². The molecule has 1 aromatic heterocycles. The first-order chi connectivity index (χ1) is 12.4. The molecule has 0 bridgehead atoms. The maximum Gasteiger partial charge on any atom is 0.268 e. The zero-order chi connectivity index (χ0) is 18.5. The number of sulfonamides is 1. The summed E-state index contributed by atoms with van der Waals surface area (Å²) in [4.78, 5) is 18.8. The molecule has 26 heavy (non-hydrogen) atoms. The van der Waals surface area contributed by atoms with Gasteiger partial charge in [0.1, 0.15) is 4.90 Å². The minimum absolute atomic E-state index is 0.00318. The van der Waals surface area contributed by atoms with Crippen molar-refractivity contribution in [2.45, 2.75) is 17.9 Å². The van der Waals surface area contributed by atoms with Gasteiger partial charge in [-0.25, -0.2) is 12.7 Å². The van der Waals surface area contributed by atoms with Gasteiger partial charge >= 0.3 is 0 Å². The summed E-state index contributed by atoms with van der Waals surface area (Å²) in [5, 5.41) is 7.34. The van der Waals surface area contributed by atoms with E-state index in [1.165, 1.54) is 12.1 Å². The molecule has 1 amide bonds. The van der Waals surface area contributed by atoms with Crippen LogP contribution in [0.2, 0.25) is 0 Å². The Morgan fingerprint density at radius 3 is 2.92 bits per heavy atom. The van der Waals surface area contributed by atoms with Crippen molar-refractivity contribution in [3.05, 3.63) is 29.6 Å². The van der Waals surface area contributed by atoms with Crippen LogP contribution in [0.5, 0.6) is 0 Å². The zero-order valence-corrected chi connectivity index (χ0v) is 15.3. The number of likely N-dealkylation sites (N-methyl/N-ethyl adjacent to an activating group) is 1. The molecule has 9 nitrogen and oxygen atoms in total. The van der Waals surface area contributed by atoms with Crippen LogP contribution in [0, 0.1) is 0 Å². The lowest BCUT2D eigenvalue weighted by atomic mass is 10.1. The van der Waals surface area contributed by atoms with Crippen molar-refractivity contribution in [1.29, 1.82) is 0 Å². The number of fused-ring (bicyclic) bond motifs is 1. The highest BCUT2D eigenvalue weighted by atomic mass is 32.2. The molecule has 0 saturated carbocycles. The van der Waals surface area contributed by atoms with Crippen molar-refractivity contribution in [3.8, 4) is 11.5 Å². The number of benzene rings is 1. The third-order valence-corrected chi connectivity index (χ3v) is 6.69. The van der Waals surface area contributed by atoms with Gasteiger partial charge in [0.05, 0.1) is 11.6 Å². The van der Waals surface area contributed by atoms with Gasteiger partial charge in [-0.3, -0.25) is 9.69 Å². The monoisotopic (exact) mass is 377 g/mol. The number of nitrogens with zero attached hydrogens (tertiary/aromatic N) is 4. The van der Waals surface area contributed by atoms with E-state index in [1.807, 2.05) is 7.05 Å². The summed E-state index contributed by atoms with van der Waals surface area (Å²) in [7, 11) is -1.83. The second-order valence-electron chi connectivity index (χ2n) is 6.34. The Balaban J connectivity index is 1.70. The average molecular weight is 377 g/mol. The van der Waals surface area contributed by atoms with E-state index < -0.39 is 15.9 Å². The molecule has 3 heterocycles. The van der Waals surface area contributed by atoms with Crippen LogP contribution in [-0.4, -0.2) is 66.9 Å². The molecule has 0 radical (unpaired) electrons. The molecule has 1 N–H and O–H groups in total. The number of hydrogen-bond donors (Lipinski definition) is 1. The number of carbonyl (C=O) groups excluding carboxylic acids is 1. The van der Waals surface area contributed by atoms with Gasteiger partial charge in [-0.05, 0) is 32.2 Å². The van der Waals surface area contributed by atoms with Gasteiger partial charge in [-0.2, -0.15) is 4.98 Å². The highest BCUT2D eigenvalue weighted by molar-refractivity contribution is 7.90. The van der Waals surface area contributed by atoms with Gasteiger partial charge in [0.2, 0.25) is 0 Å². The Morgan fingerprint density at radius 2 is 2.19 bits per heavy atom. The lowest BCUT2D eigenvalue weighted by Crippen LogP contribution is -2.44. The number of rotatable bonds is 3. The predicted octanol–water partition coefficient (Wildman–Crippen LogP) is 0.477. The van der Waals surface area contributed by atoms with Crippen LogP contribution in [0.15, 0.2) is 27.6 Å². The first-order valence-electron chi connectivity index (χ1n) is 8.39. The molecule has 1 aromatic carbocycles. The summed E-state index contributed by atoms with van der Waals surface area (Å²) in [5.41, 5.74) is 0.648. The van der Waals surface area contributed by atoms with Crippen molar-refractivity contribution >= 4 is 15.9 Å². The van der Waals surface area contributed by atoms with Gasteiger partial charge in [0, 0.05) is 31.7 Å². The molecule has 4 rings (SSSR count). The van der Waals surface area contributed by atoms with E-state index in [2.05, 4.69) is 20.4 Å². The molecular formula is C16H19N5O4S. The SMILES string of the molecule is CCN1C(=O)c2ccc(-c3nc(C4CNCCN4C)no3)cc2S1(=O)=O. The third kappa shape index (κ3) is 2.52. The van der Waals surface area contributed by atoms with Crippen LogP contribution >= 0.6 is 0 Å². The topological polar surface area (TPSA) is 109 Å². The van der Waals surface area contributed by atoms with E-state index in [-0.39, 0.29) is 28.9 Å². The highest BCUT2D eigenvalue weighted by Crippen LogP contribution is 2.33. The van der Waals surface area contributed by atoms with Crippen LogP contribution in [0.4, 0.5) is 0 Å². The van der Waals surface area contributed by atoms with E-state index in [9.17, 15) is 13.2 Å². The summed E-state index contributed by atoms with van der Waals surface area (Å²) in [6.07, 6.45) is 0. The molecule has 1 atom stereocenters. The number of piperazine rings is 1. The summed E-state index contributed by atoms with van der Waals surface area (Å²) < 4.78 is 31.3. The Labute approximate surface area is 151 Å². The zero-order valence-electron chi connectivity index (χ0n) is 14.5. The largest absolute Gasteiger partial charge is 0.334 e. The maximum atomic E-state index is 12.5. The minimum Gasteiger partial charge on any atom is -0.334 e. The molecule has 10 heteroatoms. The standard InChI is InChI=1S/C16H19N5O4S/c1-3-21-16(22)11-5-4-10(8-13(11)26(21,23)24)15-18-14(19-25-15)12-9-17-6-7-20(12)2/h4-5,8,12,17H,3,6-7,9H2,1-2H3. The average Bonchev–Trinajstić information content (AvgIpc) is 3.18. The van der Waals surface area contributed by atoms with Gasteiger partial charge in [0.25, 0.3) is 21.8 Å². The van der Waals surface area contributed by atoms with E-state index in [4.69, 9.17) is 4.52 Å². The Bertz CT molecular complexity index is 971. The highest BCUT2D eigenvalue weighted by Gasteiger charge is 2.40. The normalized spacial score (nSPS) is 22.6. The smallest absolute Gasteiger partial charge is 0.268 e. The van der Waals surface area contributed by atoms with E-state index >= 15 is 0 Å². The second kappa shape index (κ2) is 6.15. The van der Waals surface area contributed by atoms with Gasteiger partial charge in [-0.1, -0.05) is 5.16 Å². The lowest BCUT2D eigenvalue weighted by Gasteiger charge is -2.30. The van der Waals surface area contributed by atoms with Crippen LogP contribution in [0.3, 0.4) is 0 Å². The number of hydrogen-bond acceptors (Lipinski definition) is 8. The fourth-order valence-corrected chi connectivity index (χ4v) is 4.91. The maximum absolute atomic E-state index is 12.5. The van der Waals surface area contributed by atoms with Gasteiger partial charge in [0.15, 0.2) is 5.82 Å². The molecule has 2 aliphatic heterocycles. The van der Waals surface area contributed by atoms with E-state index in [1.54, 1.807) is 13.0 Å². The van der Waals surface area contributed by atoms with Gasteiger partial charge in [-0.15, -0.1) is 0 Å². The van der Waals surface area contributed by atoms with Crippen LogP contribution in [-0.2, 0) is 10.0 Å². The van der Waals surface area contributed by atoms with Gasteiger partial charge < -0.3 is 9.84 Å². The molecule has 0 spiro atoms. The van der Waals surface area contributed by atoms with E-state index in [0.717, 1.165) is 17.4 Å². The van der Waals surface area contributed by atoms with Crippen molar-refractivity contribution in [3.63, 3.8) is 0 Å². The number of aromatic nitrogens is 2. The van der Waals surface area contributed by atoms with E-state index in [0.29, 0.717) is 17.9 Å². The fraction of sp³-hybridized carbons (Fsp3) is 0.438. The summed E-state index contributed by atoms with van der Waals surface area (Å²) >= 11 is 0. The minimum atomic E-state index is -3.82. The molecule has 138 valence electrons. The molecule has 1 saturated heterocycles. The first-order valence-corrected chi connectivity index (χ1v) is 9.83. The molecule has 1 fully saturated rings. The lowest BCUT2D eigenvalue weighted by molar-refractivity contribution is 0.0876. The Kier molecular flexibility index (Phi) is 4.05. The van der Waals surface area contributed by atoms with Crippen LogP contribution in [0.25, 0.3) is 11.5 Å². The molecular weight excluding hydrogens is 358 g/mol. The number of amides is 1. The van der Waals surface area contributed by atoms with Crippen LogP contribution < -0.4 is 5.32 Å². The Hall–Kier alpha value is -2.30. The first kappa shape index (κ1) is 17.1. The fourth-order valence-electron chi connectivity index (χ4n) is 3.30. The Morgan fingerprint density at radius 1 is 1.38 bits per heavy atom. The quantitative estimate of drug-likeness (QED) is 0.823. The number of nitrogens with one attached hydrogen (secondary N) is 1. The molecule has 2 aliphatic rings. The summed E-state index contributed by atoms with van der Waals surface area (Å²) in [6.45, 7) is 4.22. The molecule has 2 aromatic rings. The second-order valence-corrected chi connectivity index (χ2v) is 8.17. The predicted molar refractivity (Wildman–Crippen MR) is 91.9 cm³/mol. The summed E-state index contributed by atoms with van der Waals surface area (Å²) in [6, 6.07) is 4.55. The third-order valence-electron chi connectivity index (χ3n) is 4.79. The molecule has 1 unspecified atom stereocenters. The van der Waals surface area contributed by atoms with Crippen molar-refractivity contribution in [1.82, 2.24) is 24.7 Å². The number of carbonyl (C=O) groups is 1. The van der Waals surface area contributed by atoms with Crippen molar-refractivity contribution in [2.24, 2.45) is 0 Å². The summed E-state index contributed by atoms with van der Waals surface area (Å²) in [5.74, 6) is 0.277. The van der Waals surface area contributed by atoms with Crippen LogP contribution in [0.1, 0.15) is 29.1 Å². The van der Waals surface area contributed by atoms with Crippen molar-refractivity contribution in [2.75, 3.05) is 33.2 Å². The molecule has 0 aliphatic carbocycles.